The van der Waals surface area contributed by atoms with E-state index in [2.05, 4.69) is 22.1 Å². The summed E-state index contributed by atoms with van der Waals surface area (Å²) < 4.78 is 0. The van der Waals surface area contributed by atoms with E-state index in [0.717, 1.165) is 31.5 Å². The second kappa shape index (κ2) is 4.93. The Morgan fingerprint density at radius 1 is 1.15 bits per heavy atom. The van der Waals surface area contributed by atoms with Crippen molar-refractivity contribution in [3.05, 3.63) is 53.5 Å². The molecule has 0 amide bonds. The van der Waals surface area contributed by atoms with E-state index < -0.39 is 0 Å². The summed E-state index contributed by atoms with van der Waals surface area (Å²) in [6.07, 6.45) is 5.93. The standard InChI is InChI=1S/C16H16N4/c17-10-12-11-19-15(20-14(12)18)16(8-4-5-9-16)13-6-2-1-3-7-13/h1-3,6-7,11H,4-5,8-9H2,(H2,18,19,20). The number of nitrogen functional groups attached to an aromatic ring is 1. The average Bonchev–Trinajstić information content (AvgIpc) is 2.99. The predicted octanol–water partition coefficient (Wildman–Crippen LogP) is 2.79. The lowest BCUT2D eigenvalue weighted by molar-refractivity contribution is 0.500. The Morgan fingerprint density at radius 2 is 1.85 bits per heavy atom. The molecule has 0 radical (unpaired) electrons. The van der Waals surface area contributed by atoms with Crippen molar-refractivity contribution in [1.82, 2.24) is 9.97 Å². The van der Waals surface area contributed by atoms with Crippen LogP contribution in [0.1, 0.15) is 42.6 Å². The summed E-state index contributed by atoms with van der Waals surface area (Å²) >= 11 is 0. The van der Waals surface area contributed by atoms with Crippen LogP contribution >= 0.6 is 0 Å². The molecule has 1 aliphatic carbocycles. The van der Waals surface area contributed by atoms with E-state index in [4.69, 9.17) is 11.0 Å². The van der Waals surface area contributed by atoms with Crippen LogP contribution in [0.3, 0.4) is 0 Å². The SMILES string of the molecule is N#Cc1cnc(C2(c3ccccc3)CCCC2)nc1N. The maximum Gasteiger partial charge on any atom is 0.145 e. The zero-order valence-corrected chi connectivity index (χ0v) is 11.2. The molecule has 3 rings (SSSR count). The predicted molar refractivity (Wildman–Crippen MR) is 76.8 cm³/mol. The molecule has 1 fully saturated rings. The highest BCUT2D eigenvalue weighted by atomic mass is 15.0. The van der Waals surface area contributed by atoms with Crippen LogP contribution in [0.5, 0.6) is 0 Å². The molecule has 0 atom stereocenters. The summed E-state index contributed by atoms with van der Waals surface area (Å²) in [6, 6.07) is 12.4. The maximum absolute atomic E-state index is 8.95. The number of nitriles is 1. The molecular weight excluding hydrogens is 248 g/mol. The smallest absolute Gasteiger partial charge is 0.145 e. The third kappa shape index (κ3) is 1.92. The average molecular weight is 264 g/mol. The summed E-state index contributed by atoms with van der Waals surface area (Å²) in [7, 11) is 0. The first kappa shape index (κ1) is 12.6. The van der Waals surface area contributed by atoms with Gasteiger partial charge in [-0.05, 0) is 18.4 Å². The summed E-state index contributed by atoms with van der Waals surface area (Å²) in [5, 5.41) is 8.95. The molecule has 0 saturated heterocycles. The Bertz CT molecular complexity index is 652. The number of hydrogen-bond donors (Lipinski definition) is 1. The number of hydrogen-bond acceptors (Lipinski definition) is 4. The van der Waals surface area contributed by atoms with Gasteiger partial charge in [0.05, 0.1) is 11.6 Å². The molecular formula is C16H16N4. The van der Waals surface area contributed by atoms with Crippen molar-refractivity contribution in [2.45, 2.75) is 31.1 Å². The Kier molecular flexibility index (Phi) is 3.11. The van der Waals surface area contributed by atoms with E-state index in [9.17, 15) is 0 Å². The summed E-state index contributed by atoms with van der Waals surface area (Å²) in [5.41, 5.74) is 7.29. The summed E-state index contributed by atoms with van der Waals surface area (Å²) in [5.74, 6) is 1.03. The first-order valence-corrected chi connectivity index (χ1v) is 6.85. The lowest BCUT2D eigenvalue weighted by atomic mass is 9.78. The van der Waals surface area contributed by atoms with Gasteiger partial charge >= 0.3 is 0 Å². The zero-order chi connectivity index (χ0) is 14.0. The molecule has 2 N–H and O–H groups in total. The molecule has 1 aromatic carbocycles. The molecule has 0 aliphatic heterocycles. The van der Waals surface area contributed by atoms with Crippen molar-refractivity contribution < 1.29 is 0 Å². The molecule has 4 nitrogen and oxygen atoms in total. The van der Waals surface area contributed by atoms with Crippen LogP contribution in [0.25, 0.3) is 0 Å². The van der Waals surface area contributed by atoms with Gasteiger partial charge < -0.3 is 5.73 Å². The van der Waals surface area contributed by atoms with E-state index in [1.807, 2.05) is 24.3 Å². The number of aromatic nitrogens is 2. The van der Waals surface area contributed by atoms with E-state index >= 15 is 0 Å². The monoisotopic (exact) mass is 264 g/mol. The van der Waals surface area contributed by atoms with Gasteiger partial charge in [0.2, 0.25) is 0 Å². The molecule has 0 spiro atoms. The molecule has 1 aliphatic rings. The molecule has 0 unspecified atom stereocenters. The van der Waals surface area contributed by atoms with Gasteiger partial charge in [0.15, 0.2) is 0 Å². The molecule has 0 bridgehead atoms. The van der Waals surface area contributed by atoms with Crippen molar-refractivity contribution in [2.75, 3.05) is 5.73 Å². The topological polar surface area (TPSA) is 75.6 Å². The van der Waals surface area contributed by atoms with Gasteiger partial charge in [0.25, 0.3) is 0 Å². The molecule has 1 saturated carbocycles. The Hall–Kier alpha value is -2.41. The Morgan fingerprint density at radius 3 is 2.45 bits per heavy atom. The molecule has 1 heterocycles. The lowest BCUT2D eigenvalue weighted by Crippen LogP contribution is -2.27. The third-order valence-corrected chi connectivity index (χ3v) is 4.15. The lowest BCUT2D eigenvalue weighted by Gasteiger charge is -2.28. The largest absolute Gasteiger partial charge is 0.382 e. The Balaban J connectivity index is 2.13. The van der Waals surface area contributed by atoms with Crippen molar-refractivity contribution >= 4 is 5.82 Å². The highest BCUT2D eigenvalue weighted by Crippen LogP contribution is 2.45. The minimum Gasteiger partial charge on any atom is -0.382 e. The third-order valence-electron chi connectivity index (χ3n) is 4.15. The van der Waals surface area contributed by atoms with Gasteiger partial charge in [-0.1, -0.05) is 43.2 Å². The van der Waals surface area contributed by atoms with Gasteiger partial charge in [-0.3, -0.25) is 0 Å². The fraction of sp³-hybridized carbons (Fsp3) is 0.312. The van der Waals surface area contributed by atoms with Crippen LogP contribution < -0.4 is 5.73 Å². The minimum atomic E-state index is -0.149. The first-order valence-electron chi connectivity index (χ1n) is 6.85. The molecule has 2 aromatic rings. The van der Waals surface area contributed by atoms with Crippen LogP contribution in [0, 0.1) is 11.3 Å². The van der Waals surface area contributed by atoms with Gasteiger partial charge in [-0.25, -0.2) is 9.97 Å². The highest BCUT2D eigenvalue weighted by molar-refractivity contribution is 5.48. The van der Waals surface area contributed by atoms with Crippen molar-refractivity contribution in [3.8, 4) is 6.07 Å². The fourth-order valence-corrected chi connectivity index (χ4v) is 3.09. The van der Waals surface area contributed by atoms with E-state index in [-0.39, 0.29) is 11.2 Å². The fourth-order valence-electron chi connectivity index (χ4n) is 3.09. The van der Waals surface area contributed by atoms with Gasteiger partial charge in [-0.2, -0.15) is 5.26 Å². The molecule has 100 valence electrons. The minimum absolute atomic E-state index is 0.149. The van der Waals surface area contributed by atoms with E-state index in [1.54, 1.807) is 6.20 Å². The van der Waals surface area contributed by atoms with Gasteiger partial charge in [0, 0.05) is 0 Å². The van der Waals surface area contributed by atoms with Crippen LogP contribution in [0.4, 0.5) is 5.82 Å². The number of anilines is 1. The molecule has 20 heavy (non-hydrogen) atoms. The second-order valence-corrected chi connectivity index (χ2v) is 5.26. The van der Waals surface area contributed by atoms with Gasteiger partial charge in [-0.15, -0.1) is 0 Å². The summed E-state index contributed by atoms with van der Waals surface area (Å²) in [6.45, 7) is 0. The Labute approximate surface area is 118 Å². The summed E-state index contributed by atoms with van der Waals surface area (Å²) in [4.78, 5) is 8.85. The van der Waals surface area contributed by atoms with Crippen LogP contribution in [-0.2, 0) is 5.41 Å². The van der Waals surface area contributed by atoms with Crippen molar-refractivity contribution in [3.63, 3.8) is 0 Å². The number of benzene rings is 1. The van der Waals surface area contributed by atoms with Crippen LogP contribution in [0.2, 0.25) is 0 Å². The van der Waals surface area contributed by atoms with Crippen molar-refractivity contribution in [1.29, 1.82) is 5.26 Å². The van der Waals surface area contributed by atoms with Crippen LogP contribution in [0.15, 0.2) is 36.5 Å². The zero-order valence-electron chi connectivity index (χ0n) is 11.2. The van der Waals surface area contributed by atoms with Gasteiger partial charge in [0.1, 0.15) is 23.3 Å². The van der Waals surface area contributed by atoms with E-state index in [1.165, 1.54) is 5.56 Å². The van der Waals surface area contributed by atoms with Crippen molar-refractivity contribution in [2.24, 2.45) is 0 Å². The number of nitrogens with zero attached hydrogens (tertiary/aromatic N) is 3. The van der Waals surface area contributed by atoms with Crippen LogP contribution in [-0.4, -0.2) is 9.97 Å². The molecule has 4 heteroatoms. The highest BCUT2D eigenvalue weighted by Gasteiger charge is 2.40. The second-order valence-electron chi connectivity index (χ2n) is 5.26. The first-order chi connectivity index (χ1) is 9.76. The number of rotatable bonds is 2. The normalized spacial score (nSPS) is 16.8. The molecule has 1 aromatic heterocycles. The number of nitrogens with two attached hydrogens (primary N) is 1. The maximum atomic E-state index is 8.95. The quantitative estimate of drug-likeness (QED) is 0.905. The van der Waals surface area contributed by atoms with E-state index in [0.29, 0.717) is 5.56 Å².